The zero-order valence-corrected chi connectivity index (χ0v) is 18.8. The van der Waals surface area contributed by atoms with E-state index in [9.17, 15) is 14.2 Å². The van der Waals surface area contributed by atoms with Gasteiger partial charge in [0.15, 0.2) is 0 Å². The predicted octanol–water partition coefficient (Wildman–Crippen LogP) is -0.841. The number of azide groups is 1. The van der Waals surface area contributed by atoms with Gasteiger partial charge < -0.3 is 14.5 Å². The first-order valence-electron chi connectivity index (χ1n) is 6.43. The molecule has 1 saturated heterocycles. The zero-order chi connectivity index (χ0) is 17.2. The topological polar surface area (TPSA) is 180 Å². The predicted molar refractivity (Wildman–Crippen MR) is 87.0 cm³/mol. The Morgan fingerprint density at radius 2 is 2.16 bits per heavy atom. The summed E-state index contributed by atoms with van der Waals surface area (Å²) < 4.78 is 21.7. The SMILES string of the molecule is Cc1cn([C@H]2C[C@H](N=[N+]=[N-])[C@@H](COP(=O)(O)O)O2)c(=O)[nH]c1=O.[Na].[Na]. The van der Waals surface area contributed by atoms with Crippen molar-refractivity contribution in [3.05, 3.63) is 43.0 Å². The molecular weight excluding hydrogens is 379 g/mol. The molecule has 0 unspecified atom stereocenters. The smallest absolute Gasteiger partial charge is 0.352 e. The van der Waals surface area contributed by atoms with E-state index in [-0.39, 0.29) is 71.1 Å². The van der Waals surface area contributed by atoms with Crippen LogP contribution in [-0.4, -0.2) is 97.2 Å². The van der Waals surface area contributed by atoms with Crippen molar-refractivity contribution in [1.29, 1.82) is 0 Å². The number of phosphoric ester groups is 1. The molecule has 3 N–H and O–H groups in total. The Balaban J connectivity index is 0.00000288. The third-order valence-electron chi connectivity index (χ3n) is 3.27. The third-order valence-corrected chi connectivity index (χ3v) is 3.75. The minimum atomic E-state index is -4.71. The first-order valence-corrected chi connectivity index (χ1v) is 7.96. The van der Waals surface area contributed by atoms with Crippen LogP contribution in [0.25, 0.3) is 10.4 Å². The van der Waals surface area contributed by atoms with Crippen LogP contribution < -0.4 is 11.2 Å². The maximum absolute atomic E-state index is 11.8. The summed E-state index contributed by atoms with van der Waals surface area (Å²) in [6, 6.07) is -0.782. The number of nitrogens with zero attached hydrogens (tertiary/aromatic N) is 4. The molecule has 0 aliphatic carbocycles. The van der Waals surface area contributed by atoms with Gasteiger partial charge in [-0.25, -0.2) is 9.36 Å². The van der Waals surface area contributed by atoms with Crippen LogP contribution >= 0.6 is 7.82 Å². The standard InChI is InChI=1S/C10H14N5O7P.2Na/c1-5-3-15(10(17)12-9(5)16)8-2-6(13-14-11)7(22-8)4-21-23(18,19)20;;/h3,6-8H,2,4H2,1H3,(H,12,16,17)(H2,18,19,20);;/t6-,7+,8+;;/m0../s1. The maximum Gasteiger partial charge on any atom is 0.469 e. The van der Waals surface area contributed by atoms with Gasteiger partial charge in [-0.15, -0.1) is 0 Å². The van der Waals surface area contributed by atoms with Gasteiger partial charge in [-0.05, 0) is 12.5 Å². The number of ether oxygens (including phenoxy) is 1. The summed E-state index contributed by atoms with van der Waals surface area (Å²) in [5.41, 5.74) is 7.60. The molecule has 2 radical (unpaired) electrons. The largest absolute Gasteiger partial charge is 0.469 e. The minimum absolute atomic E-state index is 0. The molecule has 0 amide bonds. The molecule has 2 rings (SSSR count). The number of aromatic nitrogens is 2. The Kier molecular flexibility index (Phi) is 10.4. The van der Waals surface area contributed by atoms with Crippen molar-refractivity contribution in [2.24, 2.45) is 5.11 Å². The monoisotopic (exact) mass is 393 g/mol. The summed E-state index contributed by atoms with van der Waals surface area (Å²) >= 11 is 0. The van der Waals surface area contributed by atoms with Crippen LogP contribution in [0, 0.1) is 6.92 Å². The van der Waals surface area contributed by atoms with Crippen molar-refractivity contribution in [2.75, 3.05) is 6.61 Å². The van der Waals surface area contributed by atoms with E-state index in [1.807, 2.05) is 0 Å². The molecule has 25 heavy (non-hydrogen) atoms. The molecule has 0 spiro atoms. The number of hydrogen-bond acceptors (Lipinski definition) is 6. The van der Waals surface area contributed by atoms with E-state index in [4.69, 9.17) is 20.1 Å². The molecule has 1 aromatic rings. The molecule has 0 aromatic carbocycles. The van der Waals surface area contributed by atoms with Crippen molar-refractivity contribution in [3.8, 4) is 0 Å². The molecule has 12 nitrogen and oxygen atoms in total. The van der Waals surface area contributed by atoms with Crippen molar-refractivity contribution in [2.45, 2.75) is 31.7 Å². The summed E-state index contributed by atoms with van der Waals surface area (Å²) in [6.45, 7) is 0.991. The van der Waals surface area contributed by atoms with E-state index >= 15 is 0 Å². The van der Waals surface area contributed by atoms with Crippen molar-refractivity contribution >= 4 is 66.9 Å². The second kappa shape index (κ2) is 10.4. The normalized spacial score (nSPS) is 22.4. The number of aromatic amines is 1. The average molecular weight is 393 g/mol. The Bertz CT molecular complexity index is 802. The van der Waals surface area contributed by atoms with Crippen LogP contribution in [0.4, 0.5) is 0 Å². The first kappa shape index (κ1) is 25.1. The second-order valence-electron chi connectivity index (χ2n) is 4.90. The van der Waals surface area contributed by atoms with Gasteiger partial charge in [-0.1, -0.05) is 5.11 Å². The fourth-order valence-electron chi connectivity index (χ4n) is 2.19. The Labute approximate surface area is 185 Å². The van der Waals surface area contributed by atoms with Crippen molar-refractivity contribution in [1.82, 2.24) is 9.55 Å². The quantitative estimate of drug-likeness (QED) is 0.192. The number of nitrogens with one attached hydrogen (secondary N) is 1. The van der Waals surface area contributed by atoms with Crippen LogP contribution in [0.15, 0.2) is 20.9 Å². The number of hydrogen-bond donors (Lipinski definition) is 3. The minimum Gasteiger partial charge on any atom is -0.352 e. The van der Waals surface area contributed by atoms with E-state index in [1.165, 1.54) is 13.1 Å². The van der Waals surface area contributed by atoms with E-state index in [0.29, 0.717) is 0 Å². The average Bonchev–Trinajstić information content (AvgIpc) is 2.83. The molecule has 1 aromatic heterocycles. The summed E-state index contributed by atoms with van der Waals surface area (Å²) in [4.78, 5) is 45.4. The van der Waals surface area contributed by atoms with Crippen LogP contribution in [0.1, 0.15) is 18.2 Å². The zero-order valence-electron chi connectivity index (χ0n) is 13.9. The maximum atomic E-state index is 11.8. The second-order valence-corrected chi connectivity index (χ2v) is 6.14. The summed E-state index contributed by atoms with van der Waals surface area (Å²) in [7, 11) is -4.71. The number of aryl methyl sites for hydroxylation is 1. The van der Waals surface area contributed by atoms with Crippen LogP contribution in [0.5, 0.6) is 0 Å². The van der Waals surface area contributed by atoms with Gasteiger partial charge >= 0.3 is 13.5 Å². The van der Waals surface area contributed by atoms with Gasteiger partial charge in [0, 0.05) is 82.2 Å². The van der Waals surface area contributed by atoms with Gasteiger partial charge in [-0.3, -0.25) is 18.9 Å². The third kappa shape index (κ3) is 6.94. The molecule has 1 fully saturated rings. The van der Waals surface area contributed by atoms with Gasteiger partial charge in [0.2, 0.25) is 0 Å². The van der Waals surface area contributed by atoms with Crippen molar-refractivity contribution < 1.29 is 23.6 Å². The number of H-pyrrole nitrogens is 1. The Morgan fingerprint density at radius 1 is 1.52 bits per heavy atom. The van der Waals surface area contributed by atoms with E-state index in [1.54, 1.807) is 0 Å². The fraction of sp³-hybridized carbons (Fsp3) is 0.600. The molecule has 3 atom stereocenters. The van der Waals surface area contributed by atoms with Crippen LogP contribution in [-0.2, 0) is 13.8 Å². The van der Waals surface area contributed by atoms with E-state index in [2.05, 4.69) is 19.5 Å². The van der Waals surface area contributed by atoms with Gasteiger partial charge in [0.05, 0.1) is 18.8 Å². The molecule has 0 bridgehead atoms. The van der Waals surface area contributed by atoms with Crippen LogP contribution in [0.3, 0.4) is 0 Å². The summed E-state index contributed by atoms with van der Waals surface area (Å²) in [6.07, 6.45) is -0.419. The van der Waals surface area contributed by atoms with E-state index in [0.717, 1.165) is 4.57 Å². The molecule has 2 heterocycles. The molecular formula is C10H14N5Na2O7P. The molecule has 1 aliphatic rings. The molecule has 15 heteroatoms. The Hall–Kier alpha value is 0.0600. The van der Waals surface area contributed by atoms with Gasteiger partial charge in [0.1, 0.15) is 6.23 Å². The van der Waals surface area contributed by atoms with Gasteiger partial charge in [0.25, 0.3) is 5.56 Å². The van der Waals surface area contributed by atoms with Crippen LogP contribution in [0.2, 0.25) is 0 Å². The first-order chi connectivity index (χ1) is 10.7. The summed E-state index contributed by atoms with van der Waals surface area (Å²) in [5.74, 6) is 0. The number of rotatable bonds is 5. The molecule has 128 valence electrons. The van der Waals surface area contributed by atoms with Gasteiger partial charge in [-0.2, -0.15) is 0 Å². The molecule has 1 aliphatic heterocycles. The Morgan fingerprint density at radius 3 is 2.72 bits per heavy atom. The van der Waals surface area contributed by atoms with E-state index < -0.39 is 44.1 Å². The van der Waals surface area contributed by atoms with Crippen molar-refractivity contribution in [3.63, 3.8) is 0 Å². The molecule has 0 saturated carbocycles. The summed E-state index contributed by atoms with van der Waals surface area (Å²) in [5, 5.41) is 3.49. The fourth-order valence-corrected chi connectivity index (χ4v) is 2.54. The number of phosphoric acid groups is 1.